The van der Waals surface area contributed by atoms with Crippen molar-refractivity contribution in [1.29, 1.82) is 0 Å². The molecule has 10 heteroatoms. The van der Waals surface area contributed by atoms with Gasteiger partial charge in [-0.25, -0.2) is 17.5 Å². The number of carbonyl (C=O) groups is 1. The van der Waals surface area contributed by atoms with Crippen molar-refractivity contribution >= 4 is 15.9 Å². The maximum atomic E-state index is 13.6. The molecule has 8 nitrogen and oxygen atoms in total. The minimum absolute atomic E-state index is 0.144. The Kier molecular flexibility index (Phi) is 4.56. The molecule has 0 atom stereocenters. The monoisotopic (exact) mass is 367 g/mol. The predicted molar refractivity (Wildman–Crippen MR) is 87.7 cm³/mol. The average Bonchev–Trinajstić information content (AvgIpc) is 2.96. The van der Waals surface area contributed by atoms with Crippen molar-refractivity contribution < 1.29 is 17.6 Å². The van der Waals surface area contributed by atoms with Crippen molar-refractivity contribution in [2.45, 2.75) is 11.8 Å². The molecule has 0 N–H and O–H groups in total. The fourth-order valence-electron chi connectivity index (χ4n) is 2.50. The molecule has 2 aromatic rings. The first-order valence-corrected chi connectivity index (χ1v) is 9.23. The largest absolute Gasteiger partial charge is 0.343 e. The van der Waals surface area contributed by atoms with Crippen LogP contribution in [0.3, 0.4) is 0 Å². The smallest absolute Gasteiger partial charge is 0.275 e. The van der Waals surface area contributed by atoms with Crippen LogP contribution in [0.4, 0.5) is 4.39 Å². The van der Waals surface area contributed by atoms with Crippen molar-refractivity contribution in [1.82, 2.24) is 24.2 Å². The molecule has 0 saturated carbocycles. The topological polar surface area (TPSA) is 88.4 Å². The van der Waals surface area contributed by atoms with E-state index in [1.54, 1.807) is 20.2 Å². The van der Waals surface area contributed by atoms with Gasteiger partial charge in [0, 0.05) is 32.7 Å². The summed E-state index contributed by atoms with van der Waals surface area (Å²) < 4.78 is 41.2. The number of sulfonamides is 1. The standard InChI is InChI=1S/C15H18FN5O3S/c1-19(2)15(22)14-9-21(18-17-14)12-7-20(8-12)25(23,24)10-11-5-3-4-6-13(11)16/h3-6,9,12H,7-8,10H2,1-2H3. The molecule has 1 aromatic carbocycles. The molecule has 0 aliphatic carbocycles. The molecule has 0 bridgehead atoms. The lowest BCUT2D eigenvalue weighted by atomic mass is 10.2. The minimum Gasteiger partial charge on any atom is -0.343 e. The molecule has 1 aliphatic heterocycles. The first kappa shape index (κ1) is 17.5. The number of amides is 1. The molecule has 134 valence electrons. The molecule has 25 heavy (non-hydrogen) atoms. The summed E-state index contributed by atoms with van der Waals surface area (Å²) in [6, 6.07) is 5.63. The fraction of sp³-hybridized carbons (Fsp3) is 0.400. The molecule has 1 amide bonds. The summed E-state index contributed by atoms with van der Waals surface area (Å²) in [5, 5.41) is 7.71. The highest BCUT2D eigenvalue weighted by Crippen LogP contribution is 2.26. The van der Waals surface area contributed by atoms with Crippen molar-refractivity contribution in [3.8, 4) is 0 Å². The Bertz CT molecular complexity index is 890. The summed E-state index contributed by atoms with van der Waals surface area (Å²) in [6.45, 7) is 0.436. The first-order valence-electron chi connectivity index (χ1n) is 7.62. The van der Waals surface area contributed by atoms with Gasteiger partial charge >= 0.3 is 0 Å². The zero-order valence-corrected chi connectivity index (χ0v) is 14.6. The van der Waals surface area contributed by atoms with E-state index in [0.29, 0.717) is 0 Å². The summed E-state index contributed by atoms with van der Waals surface area (Å²) in [5.41, 5.74) is 0.350. The lowest BCUT2D eigenvalue weighted by Gasteiger charge is -2.37. The van der Waals surface area contributed by atoms with Crippen molar-refractivity contribution in [2.75, 3.05) is 27.2 Å². The molecular formula is C15H18FN5O3S. The number of nitrogens with zero attached hydrogens (tertiary/aromatic N) is 5. The molecule has 3 rings (SSSR count). The number of carbonyl (C=O) groups excluding carboxylic acids is 1. The summed E-state index contributed by atoms with van der Waals surface area (Å²) in [4.78, 5) is 13.2. The second-order valence-corrected chi connectivity index (χ2v) is 8.07. The van der Waals surface area contributed by atoms with Crippen LogP contribution in [0.25, 0.3) is 0 Å². The van der Waals surface area contributed by atoms with E-state index in [0.717, 1.165) is 0 Å². The van der Waals surface area contributed by atoms with E-state index >= 15 is 0 Å². The van der Waals surface area contributed by atoms with E-state index in [9.17, 15) is 17.6 Å². The third kappa shape index (κ3) is 3.54. The highest BCUT2D eigenvalue weighted by molar-refractivity contribution is 7.88. The van der Waals surface area contributed by atoms with E-state index in [1.807, 2.05) is 0 Å². The van der Waals surface area contributed by atoms with Gasteiger partial charge in [-0.3, -0.25) is 4.79 Å². The quantitative estimate of drug-likeness (QED) is 0.768. The van der Waals surface area contributed by atoms with Gasteiger partial charge in [-0.2, -0.15) is 4.31 Å². The van der Waals surface area contributed by atoms with E-state index in [-0.39, 0.29) is 42.0 Å². The third-order valence-corrected chi connectivity index (χ3v) is 5.79. The second kappa shape index (κ2) is 6.52. The molecule has 2 heterocycles. The molecule has 1 saturated heterocycles. The van der Waals surface area contributed by atoms with E-state index in [4.69, 9.17) is 0 Å². The number of aromatic nitrogens is 3. The van der Waals surface area contributed by atoms with E-state index < -0.39 is 15.8 Å². The van der Waals surface area contributed by atoms with Gasteiger partial charge in [0.05, 0.1) is 18.0 Å². The van der Waals surface area contributed by atoms with Crippen LogP contribution in [0.5, 0.6) is 0 Å². The van der Waals surface area contributed by atoms with Crippen LogP contribution >= 0.6 is 0 Å². The molecule has 0 unspecified atom stereocenters. The van der Waals surface area contributed by atoms with Gasteiger partial charge < -0.3 is 4.90 Å². The average molecular weight is 367 g/mol. The molecule has 0 radical (unpaired) electrons. The Hall–Kier alpha value is -2.33. The van der Waals surface area contributed by atoms with Crippen LogP contribution < -0.4 is 0 Å². The summed E-state index contributed by atoms with van der Waals surface area (Å²) in [5.74, 6) is -1.19. The third-order valence-electron chi connectivity index (χ3n) is 4.03. The van der Waals surface area contributed by atoms with Gasteiger partial charge in [0.1, 0.15) is 5.82 Å². The Morgan fingerprint density at radius 3 is 2.64 bits per heavy atom. The molecule has 1 aromatic heterocycles. The lowest BCUT2D eigenvalue weighted by Crippen LogP contribution is -2.51. The predicted octanol–water partition coefficient (Wildman–Crippen LogP) is 0.506. The fourth-order valence-corrected chi connectivity index (χ4v) is 4.10. The van der Waals surface area contributed by atoms with Gasteiger partial charge in [-0.1, -0.05) is 23.4 Å². The highest BCUT2D eigenvalue weighted by Gasteiger charge is 2.38. The van der Waals surface area contributed by atoms with Gasteiger partial charge in [0.25, 0.3) is 5.91 Å². The number of rotatable bonds is 5. The van der Waals surface area contributed by atoms with Crippen LogP contribution in [-0.2, 0) is 15.8 Å². The van der Waals surface area contributed by atoms with Crippen LogP contribution in [0.1, 0.15) is 22.1 Å². The first-order chi connectivity index (χ1) is 11.8. The number of hydrogen-bond acceptors (Lipinski definition) is 5. The van der Waals surface area contributed by atoms with Gasteiger partial charge in [-0.05, 0) is 6.07 Å². The Labute approximate surface area is 144 Å². The SMILES string of the molecule is CN(C)C(=O)c1cn(C2CN(S(=O)(=O)Cc3ccccc3F)C2)nn1. The molecular weight excluding hydrogens is 349 g/mol. The van der Waals surface area contributed by atoms with E-state index in [1.165, 1.54) is 38.3 Å². The summed E-state index contributed by atoms with van der Waals surface area (Å²) >= 11 is 0. The van der Waals surface area contributed by atoms with Crippen molar-refractivity contribution in [3.05, 3.63) is 47.5 Å². The highest BCUT2D eigenvalue weighted by atomic mass is 32.2. The number of benzene rings is 1. The zero-order valence-electron chi connectivity index (χ0n) is 13.8. The van der Waals surface area contributed by atoms with Crippen LogP contribution in [-0.4, -0.2) is 65.7 Å². The van der Waals surface area contributed by atoms with Crippen molar-refractivity contribution in [2.24, 2.45) is 0 Å². The maximum absolute atomic E-state index is 13.6. The number of halogens is 1. The van der Waals surface area contributed by atoms with Gasteiger partial charge in [0.15, 0.2) is 5.69 Å². The lowest BCUT2D eigenvalue weighted by molar-refractivity contribution is 0.0821. The van der Waals surface area contributed by atoms with Gasteiger partial charge in [-0.15, -0.1) is 5.10 Å². The molecule has 1 aliphatic rings. The van der Waals surface area contributed by atoms with E-state index in [2.05, 4.69) is 10.3 Å². The second-order valence-electron chi connectivity index (χ2n) is 6.10. The minimum atomic E-state index is -3.61. The number of hydrogen-bond donors (Lipinski definition) is 0. The van der Waals surface area contributed by atoms with Crippen molar-refractivity contribution in [3.63, 3.8) is 0 Å². The van der Waals surface area contributed by atoms with Gasteiger partial charge in [0.2, 0.25) is 10.0 Å². The maximum Gasteiger partial charge on any atom is 0.275 e. The zero-order chi connectivity index (χ0) is 18.2. The normalized spacial score (nSPS) is 15.8. The Morgan fingerprint density at radius 2 is 2.00 bits per heavy atom. The van der Waals surface area contributed by atoms with Crippen LogP contribution in [0.2, 0.25) is 0 Å². The van der Waals surface area contributed by atoms with Crippen LogP contribution in [0, 0.1) is 5.82 Å². The summed E-state index contributed by atoms with van der Waals surface area (Å²) in [6.07, 6.45) is 1.51. The van der Waals surface area contributed by atoms with Crippen LogP contribution in [0.15, 0.2) is 30.5 Å². The summed E-state index contributed by atoms with van der Waals surface area (Å²) in [7, 11) is -0.381. The Morgan fingerprint density at radius 1 is 1.32 bits per heavy atom. The molecule has 1 fully saturated rings. The molecule has 0 spiro atoms. The Balaban J connectivity index is 1.64.